The van der Waals surface area contributed by atoms with Gasteiger partial charge in [-0.15, -0.1) is 0 Å². The molecular weight excluding hydrogens is 268 g/mol. The van der Waals surface area contributed by atoms with E-state index in [9.17, 15) is 9.90 Å². The molecule has 1 amide bonds. The third-order valence-electron chi connectivity index (χ3n) is 3.53. The molecule has 0 spiro atoms. The standard InChI is InChI=1S/C15H22N4O2/c1-9-6-10(11-7-17-19(5)13(11)18-9)14(21)16-8-12(20)15(2,3)4/h6-7,12,20H,8H2,1-5H3,(H,16,21). The lowest BCUT2D eigenvalue weighted by atomic mass is 9.89. The van der Waals surface area contributed by atoms with E-state index in [0.717, 1.165) is 5.69 Å². The maximum atomic E-state index is 12.4. The molecule has 114 valence electrons. The summed E-state index contributed by atoms with van der Waals surface area (Å²) in [7, 11) is 1.79. The Hall–Kier alpha value is -1.95. The average Bonchev–Trinajstić information content (AvgIpc) is 2.75. The lowest BCUT2D eigenvalue weighted by molar-refractivity contribution is 0.0587. The van der Waals surface area contributed by atoms with Gasteiger partial charge in [0.15, 0.2) is 5.65 Å². The third-order valence-corrected chi connectivity index (χ3v) is 3.53. The van der Waals surface area contributed by atoms with Crippen LogP contribution in [0.2, 0.25) is 0 Å². The number of hydrogen-bond donors (Lipinski definition) is 2. The van der Waals surface area contributed by atoms with Gasteiger partial charge in [-0.25, -0.2) is 4.98 Å². The molecule has 0 saturated heterocycles. The van der Waals surface area contributed by atoms with Crippen molar-refractivity contribution < 1.29 is 9.90 Å². The van der Waals surface area contributed by atoms with E-state index in [0.29, 0.717) is 16.6 Å². The molecule has 0 aromatic carbocycles. The van der Waals surface area contributed by atoms with Crippen LogP contribution < -0.4 is 5.32 Å². The van der Waals surface area contributed by atoms with E-state index in [1.54, 1.807) is 24.0 Å². The van der Waals surface area contributed by atoms with Crippen molar-refractivity contribution in [3.63, 3.8) is 0 Å². The van der Waals surface area contributed by atoms with Crippen LogP contribution in [0.3, 0.4) is 0 Å². The summed E-state index contributed by atoms with van der Waals surface area (Å²) in [5.74, 6) is -0.221. The monoisotopic (exact) mass is 290 g/mol. The molecule has 1 atom stereocenters. The van der Waals surface area contributed by atoms with Crippen molar-refractivity contribution in [3.8, 4) is 0 Å². The van der Waals surface area contributed by atoms with Gasteiger partial charge in [0.25, 0.3) is 5.91 Å². The highest BCUT2D eigenvalue weighted by atomic mass is 16.3. The first-order valence-electron chi connectivity index (χ1n) is 6.96. The molecule has 0 aliphatic heterocycles. The van der Waals surface area contributed by atoms with E-state index in [2.05, 4.69) is 15.4 Å². The maximum Gasteiger partial charge on any atom is 0.252 e. The van der Waals surface area contributed by atoms with Gasteiger partial charge < -0.3 is 10.4 Å². The fraction of sp³-hybridized carbons (Fsp3) is 0.533. The molecule has 6 nitrogen and oxygen atoms in total. The van der Waals surface area contributed by atoms with Crippen LogP contribution >= 0.6 is 0 Å². The largest absolute Gasteiger partial charge is 0.391 e. The highest BCUT2D eigenvalue weighted by molar-refractivity contribution is 6.05. The predicted octanol–water partition coefficient (Wildman–Crippen LogP) is 1.41. The predicted molar refractivity (Wildman–Crippen MR) is 81.0 cm³/mol. The minimum atomic E-state index is -0.603. The minimum Gasteiger partial charge on any atom is -0.391 e. The van der Waals surface area contributed by atoms with Crippen molar-refractivity contribution in [1.82, 2.24) is 20.1 Å². The Balaban J connectivity index is 2.24. The number of nitrogens with one attached hydrogen (secondary N) is 1. The van der Waals surface area contributed by atoms with E-state index in [-0.39, 0.29) is 17.9 Å². The molecule has 0 bridgehead atoms. The second kappa shape index (κ2) is 5.44. The summed E-state index contributed by atoms with van der Waals surface area (Å²) in [5, 5.41) is 17.6. The minimum absolute atomic E-state index is 0.214. The summed E-state index contributed by atoms with van der Waals surface area (Å²) in [6.45, 7) is 7.85. The van der Waals surface area contributed by atoms with Gasteiger partial charge in [0, 0.05) is 19.3 Å². The summed E-state index contributed by atoms with van der Waals surface area (Å²) in [6.07, 6.45) is 1.03. The Kier molecular flexibility index (Phi) is 4.00. The number of aromatic nitrogens is 3. The molecule has 0 saturated carbocycles. The molecule has 2 rings (SSSR count). The molecule has 1 unspecified atom stereocenters. The lowest BCUT2D eigenvalue weighted by Gasteiger charge is -2.25. The van der Waals surface area contributed by atoms with Crippen molar-refractivity contribution in [3.05, 3.63) is 23.5 Å². The second-order valence-electron chi connectivity index (χ2n) is 6.41. The molecular formula is C15H22N4O2. The molecule has 2 aromatic heterocycles. The molecule has 0 radical (unpaired) electrons. The van der Waals surface area contributed by atoms with E-state index in [4.69, 9.17) is 0 Å². The number of carbonyl (C=O) groups is 1. The van der Waals surface area contributed by atoms with Crippen LogP contribution in [0, 0.1) is 12.3 Å². The smallest absolute Gasteiger partial charge is 0.252 e. The Labute approximate surface area is 124 Å². The molecule has 21 heavy (non-hydrogen) atoms. The van der Waals surface area contributed by atoms with E-state index < -0.39 is 6.10 Å². The average molecular weight is 290 g/mol. The number of fused-ring (bicyclic) bond motifs is 1. The van der Waals surface area contributed by atoms with E-state index in [1.807, 2.05) is 27.7 Å². The zero-order valence-electron chi connectivity index (χ0n) is 13.1. The number of aryl methyl sites for hydroxylation is 2. The summed E-state index contributed by atoms with van der Waals surface area (Å²) >= 11 is 0. The summed E-state index contributed by atoms with van der Waals surface area (Å²) in [5.41, 5.74) is 1.70. The van der Waals surface area contributed by atoms with Crippen LogP contribution in [0.5, 0.6) is 0 Å². The summed E-state index contributed by atoms with van der Waals surface area (Å²) < 4.78 is 1.64. The third kappa shape index (κ3) is 3.21. The fourth-order valence-corrected chi connectivity index (χ4v) is 2.02. The molecule has 0 fully saturated rings. The highest BCUT2D eigenvalue weighted by Crippen LogP contribution is 2.20. The van der Waals surface area contributed by atoms with Gasteiger partial charge in [-0.05, 0) is 18.4 Å². The highest BCUT2D eigenvalue weighted by Gasteiger charge is 2.23. The number of rotatable bonds is 3. The van der Waals surface area contributed by atoms with Gasteiger partial charge in [0.1, 0.15) is 0 Å². The normalized spacial score (nSPS) is 13.4. The second-order valence-corrected chi connectivity index (χ2v) is 6.41. The Morgan fingerprint density at radius 1 is 1.48 bits per heavy atom. The van der Waals surface area contributed by atoms with Crippen molar-refractivity contribution in [2.45, 2.75) is 33.8 Å². The molecule has 2 aromatic rings. The molecule has 2 N–H and O–H groups in total. The molecule has 6 heteroatoms. The zero-order chi connectivity index (χ0) is 15.8. The van der Waals surface area contributed by atoms with Crippen LogP contribution in [0.4, 0.5) is 0 Å². The van der Waals surface area contributed by atoms with Crippen LogP contribution in [-0.2, 0) is 7.05 Å². The summed E-state index contributed by atoms with van der Waals surface area (Å²) in [4.78, 5) is 16.7. The maximum absolute atomic E-state index is 12.4. The SMILES string of the molecule is Cc1cc(C(=O)NCC(O)C(C)(C)C)c2cnn(C)c2n1. The van der Waals surface area contributed by atoms with Crippen LogP contribution in [0.15, 0.2) is 12.3 Å². The Bertz CT molecular complexity index is 670. The van der Waals surface area contributed by atoms with Crippen LogP contribution in [-0.4, -0.2) is 38.4 Å². The number of nitrogens with zero attached hydrogens (tertiary/aromatic N) is 3. The fourth-order valence-electron chi connectivity index (χ4n) is 2.02. The zero-order valence-corrected chi connectivity index (χ0v) is 13.1. The first-order valence-corrected chi connectivity index (χ1v) is 6.96. The molecule has 2 heterocycles. The van der Waals surface area contributed by atoms with Gasteiger partial charge in [0.2, 0.25) is 0 Å². The van der Waals surface area contributed by atoms with Crippen LogP contribution in [0.25, 0.3) is 11.0 Å². The number of carbonyl (C=O) groups excluding carboxylic acids is 1. The quantitative estimate of drug-likeness (QED) is 0.896. The number of aliphatic hydroxyl groups is 1. The number of pyridine rings is 1. The van der Waals surface area contributed by atoms with E-state index in [1.165, 1.54) is 0 Å². The lowest BCUT2D eigenvalue weighted by Crippen LogP contribution is -2.39. The van der Waals surface area contributed by atoms with Gasteiger partial charge in [-0.3, -0.25) is 9.48 Å². The van der Waals surface area contributed by atoms with E-state index >= 15 is 0 Å². The summed E-state index contributed by atoms with van der Waals surface area (Å²) in [6, 6.07) is 1.74. The van der Waals surface area contributed by atoms with Crippen molar-refractivity contribution >= 4 is 16.9 Å². The van der Waals surface area contributed by atoms with Crippen LogP contribution in [0.1, 0.15) is 36.8 Å². The van der Waals surface area contributed by atoms with Gasteiger partial charge in [-0.1, -0.05) is 20.8 Å². The first-order chi connectivity index (χ1) is 9.70. The van der Waals surface area contributed by atoms with Gasteiger partial charge >= 0.3 is 0 Å². The van der Waals surface area contributed by atoms with Crippen molar-refractivity contribution in [1.29, 1.82) is 0 Å². The number of hydrogen-bond acceptors (Lipinski definition) is 4. The van der Waals surface area contributed by atoms with Gasteiger partial charge in [-0.2, -0.15) is 5.10 Å². The van der Waals surface area contributed by atoms with Gasteiger partial charge in [0.05, 0.1) is 23.3 Å². The molecule has 0 aliphatic carbocycles. The van der Waals surface area contributed by atoms with Crippen molar-refractivity contribution in [2.75, 3.05) is 6.54 Å². The van der Waals surface area contributed by atoms with Crippen molar-refractivity contribution in [2.24, 2.45) is 12.5 Å². The first kappa shape index (κ1) is 15.4. The Morgan fingerprint density at radius 3 is 2.76 bits per heavy atom. The topological polar surface area (TPSA) is 80.0 Å². The molecule has 0 aliphatic rings. The number of amides is 1. The Morgan fingerprint density at radius 2 is 2.14 bits per heavy atom. The number of aliphatic hydroxyl groups excluding tert-OH is 1.